The molecule has 4 rings (SSSR count). The van der Waals surface area contributed by atoms with Gasteiger partial charge in [-0.3, -0.25) is 0 Å². The number of para-hydroxylation sites is 2. The number of nitrogens with zero attached hydrogens (tertiary/aromatic N) is 1. The van der Waals surface area contributed by atoms with Gasteiger partial charge in [0.15, 0.2) is 0 Å². The van der Waals surface area contributed by atoms with Crippen molar-refractivity contribution in [3.8, 4) is 0 Å². The number of rotatable bonds is 2. The Balaban J connectivity index is 1.72. The average molecular weight is 439 g/mol. The fourth-order valence-corrected chi connectivity index (χ4v) is 4.00. The molecule has 0 aliphatic carbocycles. The van der Waals surface area contributed by atoms with Crippen LogP contribution in [0.5, 0.6) is 0 Å². The quantitative estimate of drug-likeness (QED) is 0.567. The molecule has 1 aromatic heterocycles. The Kier molecular flexibility index (Phi) is 5.11. The number of hydrogen-bond donors (Lipinski definition) is 1. The number of amides is 2. The van der Waals surface area contributed by atoms with Crippen LogP contribution in [0.1, 0.15) is 47.1 Å². The number of alkyl carbamates (subject to hydrolysis) is 1. The van der Waals surface area contributed by atoms with E-state index in [0.717, 1.165) is 21.9 Å². The lowest BCUT2D eigenvalue weighted by molar-refractivity contribution is -0.0228. The number of nitrogens with one attached hydrogen (secondary N) is 1. The fourth-order valence-electron chi connectivity index (χ4n) is 4.00. The topological polar surface area (TPSA) is 81.0 Å². The van der Waals surface area contributed by atoms with Crippen LogP contribution in [0.15, 0.2) is 46.9 Å². The predicted octanol–water partition coefficient (Wildman–Crippen LogP) is 5.56. The van der Waals surface area contributed by atoms with Crippen LogP contribution in [0, 0.1) is 0 Å². The molecule has 2 heterocycles. The van der Waals surface area contributed by atoms with Crippen LogP contribution in [0.2, 0.25) is 0 Å². The molecule has 0 unspecified atom stereocenters. The summed E-state index contributed by atoms with van der Waals surface area (Å²) in [4.78, 5) is 26.9. The summed E-state index contributed by atoms with van der Waals surface area (Å²) in [6.45, 7) is 11.4. The van der Waals surface area contributed by atoms with Crippen molar-refractivity contribution in [2.75, 3.05) is 13.1 Å². The van der Waals surface area contributed by atoms with Gasteiger partial charge in [-0.15, -0.1) is 0 Å². The molecule has 1 N–H and O–H groups in total. The largest absolute Gasteiger partial charge is 0.456 e. The Bertz CT molecular complexity index is 1180. The summed E-state index contributed by atoms with van der Waals surface area (Å²) in [7, 11) is 0. The number of carbonyl (C=O) groups is 2. The van der Waals surface area contributed by atoms with Gasteiger partial charge in [0.2, 0.25) is 0 Å². The molecule has 0 saturated carbocycles. The second-order valence-electron chi connectivity index (χ2n) is 10.3. The summed E-state index contributed by atoms with van der Waals surface area (Å²) < 4.78 is 17.2. The maximum absolute atomic E-state index is 12.8. The molecule has 7 heteroatoms. The Hall–Kier alpha value is -3.22. The van der Waals surface area contributed by atoms with Crippen molar-refractivity contribution in [3.05, 3.63) is 48.0 Å². The molecule has 7 nitrogen and oxygen atoms in total. The minimum Gasteiger partial charge on any atom is -0.456 e. The molecule has 1 aliphatic heterocycles. The van der Waals surface area contributed by atoms with E-state index >= 15 is 0 Å². The highest BCUT2D eigenvalue weighted by atomic mass is 16.6. The highest BCUT2D eigenvalue weighted by molar-refractivity contribution is 6.06. The highest BCUT2D eigenvalue weighted by Gasteiger charge is 2.51. The zero-order valence-corrected chi connectivity index (χ0v) is 19.4. The summed E-state index contributed by atoms with van der Waals surface area (Å²) in [5.74, 6) is 0. The highest BCUT2D eigenvalue weighted by Crippen LogP contribution is 2.40. The van der Waals surface area contributed by atoms with Gasteiger partial charge in [0.05, 0.1) is 13.1 Å². The summed E-state index contributed by atoms with van der Waals surface area (Å²) >= 11 is 0. The van der Waals surface area contributed by atoms with Gasteiger partial charge in [-0.1, -0.05) is 36.4 Å². The minimum atomic E-state index is -0.855. The van der Waals surface area contributed by atoms with Crippen LogP contribution in [0.25, 0.3) is 21.9 Å². The third-order valence-electron chi connectivity index (χ3n) is 5.23. The summed E-state index contributed by atoms with van der Waals surface area (Å²) in [5, 5.41) is 4.97. The first-order valence-corrected chi connectivity index (χ1v) is 10.8. The van der Waals surface area contributed by atoms with Crippen LogP contribution in [0.4, 0.5) is 9.59 Å². The van der Waals surface area contributed by atoms with E-state index in [4.69, 9.17) is 13.9 Å². The smallest absolute Gasteiger partial charge is 0.410 e. The van der Waals surface area contributed by atoms with Crippen molar-refractivity contribution in [2.45, 2.75) is 58.3 Å². The van der Waals surface area contributed by atoms with Crippen molar-refractivity contribution in [1.82, 2.24) is 10.2 Å². The Morgan fingerprint density at radius 3 is 2.19 bits per heavy atom. The second kappa shape index (κ2) is 7.43. The Morgan fingerprint density at radius 1 is 0.906 bits per heavy atom. The molecule has 2 aromatic carbocycles. The van der Waals surface area contributed by atoms with E-state index in [0.29, 0.717) is 5.58 Å². The molecule has 1 fully saturated rings. The van der Waals surface area contributed by atoms with Gasteiger partial charge in [-0.05, 0) is 47.6 Å². The predicted molar refractivity (Wildman–Crippen MR) is 123 cm³/mol. The first kappa shape index (κ1) is 22.0. The van der Waals surface area contributed by atoms with Gasteiger partial charge in [-0.2, -0.15) is 0 Å². The summed E-state index contributed by atoms with van der Waals surface area (Å²) in [6, 6.07) is 13.7. The van der Waals surface area contributed by atoms with E-state index in [1.807, 2.05) is 84.0 Å². The molecular weight excluding hydrogens is 408 g/mol. The first-order valence-electron chi connectivity index (χ1n) is 10.8. The zero-order chi connectivity index (χ0) is 23.3. The monoisotopic (exact) mass is 438 g/mol. The van der Waals surface area contributed by atoms with Gasteiger partial charge in [0.1, 0.15) is 27.9 Å². The lowest BCUT2D eigenvalue weighted by atomic mass is 9.81. The van der Waals surface area contributed by atoms with Crippen LogP contribution < -0.4 is 5.32 Å². The molecule has 170 valence electrons. The number of benzene rings is 2. The van der Waals surface area contributed by atoms with Crippen molar-refractivity contribution in [2.24, 2.45) is 0 Å². The van der Waals surface area contributed by atoms with Gasteiger partial charge < -0.3 is 24.1 Å². The Labute approximate surface area is 187 Å². The van der Waals surface area contributed by atoms with Crippen LogP contribution in [0.3, 0.4) is 0 Å². The normalized spacial score (nSPS) is 16.0. The number of carbonyl (C=O) groups excluding carboxylic acids is 2. The van der Waals surface area contributed by atoms with Crippen molar-refractivity contribution in [3.63, 3.8) is 0 Å². The number of likely N-dealkylation sites (tertiary alicyclic amines) is 1. The SMILES string of the molecule is CC(C)(C)OC(=O)NC1(c2cccc3c2oc2ccccc23)CN(C(=O)OC(C)(C)C)C1. The number of furan rings is 1. The van der Waals surface area contributed by atoms with Gasteiger partial charge >= 0.3 is 12.2 Å². The van der Waals surface area contributed by atoms with Crippen LogP contribution >= 0.6 is 0 Å². The molecule has 2 amide bonds. The molecule has 1 aliphatic rings. The van der Waals surface area contributed by atoms with Crippen molar-refractivity contribution < 1.29 is 23.5 Å². The maximum atomic E-state index is 12.8. The second-order valence-corrected chi connectivity index (χ2v) is 10.3. The fraction of sp³-hybridized carbons (Fsp3) is 0.440. The lowest BCUT2D eigenvalue weighted by Gasteiger charge is -2.50. The van der Waals surface area contributed by atoms with Gasteiger partial charge in [-0.25, -0.2) is 9.59 Å². The van der Waals surface area contributed by atoms with E-state index in [1.54, 1.807) is 4.90 Å². The average Bonchev–Trinajstić information content (AvgIpc) is 3.00. The third-order valence-corrected chi connectivity index (χ3v) is 5.23. The van der Waals surface area contributed by atoms with Gasteiger partial charge in [0, 0.05) is 16.3 Å². The number of ether oxygens (including phenoxy) is 2. The maximum Gasteiger partial charge on any atom is 0.410 e. The number of hydrogen-bond acceptors (Lipinski definition) is 5. The van der Waals surface area contributed by atoms with Gasteiger partial charge in [0.25, 0.3) is 0 Å². The summed E-state index contributed by atoms with van der Waals surface area (Å²) in [6.07, 6.45) is -0.967. The molecule has 1 saturated heterocycles. The van der Waals surface area contributed by atoms with Crippen LogP contribution in [-0.2, 0) is 15.0 Å². The Morgan fingerprint density at radius 2 is 1.53 bits per heavy atom. The van der Waals surface area contributed by atoms with E-state index in [9.17, 15) is 9.59 Å². The molecule has 0 atom stereocenters. The minimum absolute atomic E-state index is 0.247. The molecule has 0 bridgehead atoms. The molecule has 0 spiro atoms. The van der Waals surface area contributed by atoms with E-state index in [1.165, 1.54) is 0 Å². The van der Waals surface area contributed by atoms with E-state index < -0.39 is 28.9 Å². The van der Waals surface area contributed by atoms with Crippen molar-refractivity contribution >= 4 is 34.1 Å². The third kappa shape index (κ3) is 4.24. The molecule has 3 aromatic rings. The molecular formula is C25H30N2O5. The molecule has 0 radical (unpaired) electrons. The summed E-state index contributed by atoms with van der Waals surface area (Å²) in [5.41, 5.74) is 0.154. The first-order chi connectivity index (χ1) is 14.9. The lowest BCUT2D eigenvalue weighted by Crippen LogP contribution is -2.69. The van der Waals surface area contributed by atoms with E-state index in [-0.39, 0.29) is 13.1 Å². The van der Waals surface area contributed by atoms with E-state index in [2.05, 4.69) is 5.32 Å². The number of fused-ring (bicyclic) bond motifs is 3. The van der Waals surface area contributed by atoms with Crippen LogP contribution in [-0.4, -0.2) is 41.4 Å². The molecule has 32 heavy (non-hydrogen) atoms. The van der Waals surface area contributed by atoms with Crippen molar-refractivity contribution in [1.29, 1.82) is 0 Å². The zero-order valence-electron chi connectivity index (χ0n) is 19.4. The standard InChI is InChI=1S/C25H30N2O5/c1-23(2,3)31-21(28)26-25(14-27(15-25)22(29)32-24(4,5)6)18-12-9-11-17-16-10-7-8-13-19(16)30-20(17)18/h7-13H,14-15H2,1-6H3,(H,26,28).